The van der Waals surface area contributed by atoms with Gasteiger partial charge in [-0.2, -0.15) is 11.8 Å². The maximum Gasteiger partial charge on any atom is 0.336 e. The highest BCUT2D eigenvalue weighted by molar-refractivity contribution is 9.10. The first-order valence-corrected chi connectivity index (χ1v) is 8.46. The Balaban J connectivity index is 2.12. The van der Waals surface area contributed by atoms with E-state index in [4.69, 9.17) is 5.11 Å². The minimum Gasteiger partial charge on any atom is -0.478 e. The highest BCUT2D eigenvalue weighted by Crippen LogP contribution is 2.26. The Labute approximate surface area is 136 Å². The average molecular weight is 373 g/mol. The summed E-state index contributed by atoms with van der Waals surface area (Å²) in [5.41, 5.74) is 0.613. The zero-order valence-corrected chi connectivity index (χ0v) is 14.2. The van der Waals surface area contributed by atoms with E-state index in [0.717, 1.165) is 5.75 Å². The third kappa shape index (κ3) is 3.71. The first kappa shape index (κ1) is 16.2. The van der Waals surface area contributed by atoms with E-state index in [1.807, 2.05) is 18.7 Å². The summed E-state index contributed by atoms with van der Waals surface area (Å²) in [6.07, 6.45) is 0. The molecule has 1 aliphatic rings. The molecular weight excluding hydrogens is 356 g/mol. The quantitative estimate of drug-likeness (QED) is 0.833. The van der Waals surface area contributed by atoms with E-state index in [0.29, 0.717) is 22.0 Å². The molecular formula is C14H17BrN2O3S. The smallest absolute Gasteiger partial charge is 0.336 e. The summed E-state index contributed by atoms with van der Waals surface area (Å²) in [7, 11) is 0. The van der Waals surface area contributed by atoms with Gasteiger partial charge in [-0.25, -0.2) is 9.59 Å². The molecule has 0 saturated carbocycles. The van der Waals surface area contributed by atoms with Gasteiger partial charge in [-0.05, 0) is 41.1 Å². The molecule has 1 saturated heterocycles. The summed E-state index contributed by atoms with van der Waals surface area (Å²) >= 11 is 5.04. The number of rotatable bonds is 2. The van der Waals surface area contributed by atoms with Gasteiger partial charge >= 0.3 is 12.0 Å². The Hall–Kier alpha value is -1.21. The van der Waals surface area contributed by atoms with Crippen LogP contribution in [0.1, 0.15) is 24.2 Å². The van der Waals surface area contributed by atoms with Crippen LogP contribution in [0.5, 0.6) is 0 Å². The molecule has 0 bridgehead atoms. The van der Waals surface area contributed by atoms with Gasteiger partial charge in [0.1, 0.15) is 0 Å². The summed E-state index contributed by atoms with van der Waals surface area (Å²) in [6.45, 7) is 4.84. The number of carboxylic acid groups (broad SMARTS) is 1. The van der Waals surface area contributed by atoms with Crippen LogP contribution in [0.25, 0.3) is 0 Å². The van der Waals surface area contributed by atoms with Crippen molar-refractivity contribution >= 4 is 45.4 Å². The first-order valence-electron chi connectivity index (χ1n) is 6.62. The minimum absolute atomic E-state index is 0.128. The predicted molar refractivity (Wildman–Crippen MR) is 88.2 cm³/mol. The van der Waals surface area contributed by atoms with Crippen LogP contribution in [0.4, 0.5) is 10.5 Å². The number of anilines is 1. The molecule has 0 aromatic heterocycles. The molecule has 1 aliphatic heterocycles. The lowest BCUT2D eigenvalue weighted by atomic mass is 10.2. The van der Waals surface area contributed by atoms with Crippen LogP contribution < -0.4 is 5.32 Å². The number of nitrogens with one attached hydrogen (secondary N) is 1. The zero-order valence-electron chi connectivity index (χ0n) is 11.8. The molecule has 2 amide bonds. The average Bonchev–Trinajstić information content (AvgIpc) is 2.43. The number of amides is 2. The Bertz CT molecular complexity index is 567. The van der Waals surface area contributed by atoms with Crippen molar-refractivity contribution in [2.24, 2.45) is 0 Å². The van der Waals surface area contributed by atoms with Gasteiger partial charge < -0.3 is 15.3 Å². The number of halogens is 1. The van der Waals surface area contributed by atoms with Crippen molar-refractivity contribution < 1.29 is 14.7 Å². The lowest BCUT2D eigenvalue weighted by molar-refractivity contribution is 0.0696. The second-order valence-corrected chi connectivity index (χ2v) is 7.28. The standard InChI is InChI=1S/C14H17BrN2O3S/c1-8-9(2)21-6-5-17(8)14(20)16-10-3-4-12(15)11(7-10)13(18)19/h3-4,7-9H,5-6H2,1-2H3,(H,16,20)(H,18,19). The molecule has 1 heterocycles. The molecule has 2 atom stereocenters. The van der Waals surface area contributed by atoms with E-state index in [1.165, 1.54) is 6.07 Å². The Morgan fingerprint density at radius 3 is 2.81 bits per heavy atom. The fourth-order valence-electron chi connectivity index (χ4n) is 2.18. The summed E-state index contributed by atoms with van der Waals surface area (Å²) in [4.78, 5) is 25.2. The maximum atomic E-state index is 12.3. The van der Waals surface area contributed by atoms with Crippen LogP contribution in [-0.2, 0) is 0 Å². The second-order valence-electron chi connectivity index (χ2n) is 4.94. The van der Waals surface area contributed by atoms with E-state index >= 15 is 0 Å². The number of thioether (sulfide) groups is 1. The van der Waals surface area contributed by atoms with E-state index in [1.54, 1.807) is 17.0 Å². The largest absolute Gasteiger partial charge is 0.478 e. The number of carboxylic acids is 1. The number of carbonyl (C=O) groups is 2. The maximum absolute atomic E-state index is 12.3. The van der Waals surface area contributed by atoms with Crippen molar-refractivity contribution in [3.8, 4) is 0 Å². The van der Waals surface area contributed by atoms with E-state index in [-0.39, 0.29) is 17.6 Å². The summed E-state index contributed by atoms with van der Waals surface area (Å²) in [5, 5.41) is 12.3. The first-order chi connectivity index (χ1) is 9.90. The van der Waals surface area contributed by atoms with Gasteiger partial charge in [-0.15, -0.1) is 0 Å². The molecule has 21 heavy (non-hydrogen) atoms. The third-order valence-electron chi connectivity index (χ3n) is 3.59. The molecule has 1 fully saturated rings. The van der Waals surface area contributed by atoms with Crippen LogP contribution in [0.15, 0.2) is 22.7 Å². The van der Waals surface area contributed by atoms with E-state index < -0.39 is 5.97 Å². The molecule has 1 aromatic rings. The number of aromatic carboxylic acids is 1. The van der Waals surface area contributed by atoms with Gasteiger partial charge in [0.15, 0.2) is 0 Å². The Morgan fingerprint density at radius 2 is 2.14 bits per heavy atom. The van der Waals surface area contributed by atoms with Gasteiger partial charge in [0.05, 0.1) is 5.56 Å². The SMILES string of the molecule is CC1SCCN(C(=O)Nc2ccc(Br)c(C(=O)O)c2)C1C. The third-order valence-corrected chi connectivity index (χ3v) is 5.62. The van der Waals surface area contributed by atoms with Gasteiger partial charge in [-0.1, -0.05) is 6.92 Å². The minimum atomic E-state index is -1.03. The number of nitrogens with zero attached hydrogens (tertiary/aromatic N) is 1. The predicted octanol–water partition coefficient (Wildman–Crippen LogP) is 3.51. The summed E-state index contributed by atoms with van der Waals surface area (Å²) in [6, 6.07) is 4.72. The van der Waals surface area contributed by atoms with Crippen LogP contribution >= 0.6 is 27.7 Å². The normalized spacial score (nSPS) is 22.0. The fourth-order valence-corrected chi connectivity index (χ4v) is 3.70. The Kier molecular flexibility index (Phi) is 5.16. The lowest BCUT2D eigenvalue weighted by Crippen LogP contribution is -2.49. The molecule has 5 nitrogen and oxygen atoms in total. The van der Waals surface area contributed by atoms with Crippen LogP contribution in [-0.4, -0.2) is 45.6 Å². The molecule has 114 valence electrons. The number of benzene rings is 1. The number of hydrogen-bond donors (Lipinski definition) is 2. The van der Waals surface area contributed by atoms with Crippen LogP contribution in [0.2, 0.25) is 0 Å². The highest BCUT2D eigenvalue weighted by Gasteiger charge is 2.28. The number of urea groups is 1. The second kappa shape index (κ2) is 6.70. The molecule has 7 heteroatoms. The summed E-state index contributed by atoms with van der Waals surface area (Å²) < 4.78 is 0.490. The van der Waals surface area contributed by atoms with Crippen LogP contribution in [0.3, 0.4) is 0 Å². The molecule has 1 aromatic carbocycles. The van der Waals surface area contributed by atoms with Crippen molar-refractivity contribution in [1.82, 2.24) is 4.90 Å². The number of carbonyl (C=O) groups excluding carboxylic acids is 1. The monoisotopic (exact) mass is 372 g/mol. The highest BCUT2D eigenvalue weighted by atomic mass is 79.9. The molecule has 0 spiro atoms. The van der Waals surface area contributed by atoms with Gasteiger partial charge in [0.25, 0.3) is 0 Å². The van der Waals surface area contributed by atoms with Crippen LogP contribution in [0, 0.1) is 0 Å². The van der Waals surface area contributed by atoms with Gasteiger partial charge in [0.2, 0.25) is 0 Å². The fraction of sp³-hybridized carbons (Fsp3) is 0.429. The molecule has 0 aliphatic carbocycles. The lowest BCUT2D eigenvalue weighted by Gasteiger charge is -2.37. The summed E-state index contributed by atoms with van der Waals surface area (Å²) in [5.74, 6) is -0.117. The Morgan fingerprint density at radius 1 is 1.43 bits per heavy atom. The molecule has 2 unspecified atom stereocenters. The van der Waals surface area contributed by atoms with Crippen molar-refractivity contribution in [3.05, 3.63) is 28.2 Å². The van der Waals surface area contributed by atoms with Crippen molar-refractivity contribution in [1.29, 1.82) is 0 Å². The van der Waals surface area contributed by atoms with Crippen molar-refractivity contribution in [3.63, 3.8) is 0 Å². The number of hydrogen-bond acceptors (Lipinski definition) is 3. The molecule has 2 N–H and O–H groups in total. The zero-order chi connectivity index (χ0) is 15.6. The van der Waals surface area contributed by atoms with E-state index in [2.05, 4.69) is 28.2 Å². The molecule has 0 radical (unpaired) electrons. The molecule has 2 rings (SSSR count). The van der Waals surface area contributed by atoms with Gasteiger partial charge in [0, 0.05) is 33.7 Å². The topological polar surface area (TPSA) is 69.6 Å². The van der Waals surface area contributed by atoms with Crippen molar-refractivity contribution in [2.75, 3.05) is 17.6 Å². The van der Waals surface area contributed by atoms with E-state index in [9.17, 15) is 9.59 Å². The van der Waals surface area contributed by atoms with Gasteiger partial charge in [-0.3, -0.25) is 0 Å². The van der Waals surface area contributed by atoms with Crippen molar-refractivity contribution in [2.45, 2.75) is 25.1 Å².